The summed E-state index contributed by atoms with van der Waals surface area (Å²) in [4.78, 5) is 1.18. The summed E-state index contributed by atoms with van der Waals surface area (Å²) >= 11 is 1.64. The Hall–Kier alpha value is -0.560. The van der Waals surface area contributed by atoms with E-state index in [0.29, 0.717) is 6.42 Å². The zero-order valence-corrected chi connectivity index (χ0v) is 9.90. The second-order valence-corrected chi connectivity index (χ2v) is 4.53. The van der Waals surface area contributed by atoms with Gasteiger partial charge in [-0.3, -0.25) is 11.3 Å². The number of alkyl halides is 2. The molecule has 0 aromatic carbocycles. The highest BCUT2D eigenvalue weighted by molar-refractivity contribution is 7.10. The molecule has 0 aliphatic carbocycles. The molecule has 1 atom stereocenters. The largest absolute Gasteiger partial charge is 0.375 e. The van der Waals surface area contributed by atoms with E-state index in [1.807, 2.05) is 18.4 Å². The minimum atomic E-state index is -2.41. The molecule has 1 aromatic rings. The van der Waals surface area contributed by atoms with Crippen LogP contribution in [0.4, 0.5) is 8.78 Å². The number of aryl methyl sites for hydroxylation is 1. The molecule has 0 saturated carbocycles. The van der Waals surface area contributed by atoms with Crippen molar-refractivity contribution in [3.8, 4) is 0 Å². The Balaban J connectivity index is 2.36. The molecule has 0 aliphatic rings. The van der Waals surface area contributed by atoms with Crippen molar-refractivity contribution in [2.75, 3.05) is 13.2 Å². The number of ether oxygens (including phenoxy) is 1. The van der Waals surface area contributed by atoms with E-state index < -0.39 is 13.0 Å². The molecule has 1 unspecified atom stereocenters. The van der Waals surface area contributed by atoms with Crippen molar-refractivity contribution in [2.45, 2.75) is 25.8 Å². The summed E-state index contributed by atoms with van der Waals surface area (Å²) in [5.74, 6) is 5.43. The first-order valence-corrected chi connectivity index (χ1v) is 5.89. The van der Waals surface area contributed by atoms with Crippen LogP contribution in [0.1, 0.15) is 22.9 Å². The first kappa shape index (κ1) is 13.5. The molecule has 0 fully saturated rings. The Morgan fingerprint density at radius 1 is 1.56 bits per heavy atom. The van der Waals surface area contributed by atoms with Crippen molar-refractivity contribution < 1.29 is 13.5 Å². The predicted octanol–water partition coefficient (Wildman–Crippen LogP) is 2.23. The van der Waals surface area contributed by atoms with E-state index in [1.54, 1.807) is 11.3 Å². The molecule has 0 saturated heterocycles. The van der Waals surface area contributed by atoms with Gasteiger partial charge in [0.25, 0.3) is 6.43 Å². The molecule has 3 nitrogen and oxygen atoms in total. The van der Waals surface area contributed by atoms with Crippen LogP contribution in [0.15, 0.2) is 11.4 Å². The van der Waals surface area contributed by atoms with Crippen LogP contribution in [0.2, 0.25) is 0 Å². The molecule has 3 N–H and O–H groups in total. The standard InChI is InChI=1S/C10H16F2N2OS/c1-7-8(3-5-16-7)9(14-13)2-4-15-6-10(11)12/h3,5,9-10,14H,2,4,6,13H2,1H3. The van der Waals surface area contributed by atoms with Crippen LogP contribution in [0.5, 0.6) is 0 Å². The maximum atomic E-state index is 11.8. The number of hydrazine groups is 1. The molecular weight excluding hydrogens is 234 g/mol. The van der Waals surface area contributed by atoms with E-state index in [1.165, 1.54) is 4.88 Å². The molecular formula is C10H16F2N2OS. The number of hydrogen-bond acceptors (Lipinski definition) is 4. The van der Waals surface area contributed by atoms with Gasteiger partial charge in [0, 0.05) is 17.5 Å². The summed E-state index contributed by atoms with van der Waals surface area (Å²) in [5, 5.41) is 1.98. The minimum absolute atomic E-state index is 0.0380. The fourth-order valence-electron chi connectivity index (χ4n) is 1.46. The quantitative estimate of drug-likeness (QED) is 0.443. The maximum absolute atomic E-state index is 11.8. The molecule has 0 spiro atoms. The molecule has 1 rings (SSSR count). The Morgan fingerprint density at radius 2 is 2.31 bits per heavy atom. The number of rotatable bonds is 7. The lowest BCUT2D eigenvalue weighted by atomic mass is 10.1. The maximum Gasteiger partial charge on any atom is 0.261 e. The SMILES string of the molecule is Cc1sccc1C(CCOCC(F)F)NN. The lowest BCUT2D eigenvalue weighted by Crippen LogP contribution is -2.29. The van der Waals surface area contributed by atoms with Crippen molar-refractivity contribution >= 4 is 11.3 Å². The van der Waals surface area contributed by atoms with Crippen molar-refractivity contribution in [2.24, 2.45) is 5.84 Å². The van der Waals surface area contributed by atoms with Crippen molar-refractivity contribution in [1.29, 1.82) is 0 Å². The van der Waals surface area contributed by atoms with E-state index in [2.05, 4.69) is 5.43 Å². The van der Waals surface area contributed by atoms with Crippen molar-refractivity contribution in [3.05, 3.63) is 21.9 Å². The zero-order valence-electron chi connectivity index (χ0n) is 9.08. The molecule has 92 valence electrons. The van der Waals surface area contributed by atoms with Gasteiger partial charge in [0.15, 0.2) is 0 Å². The van der Waals surface area contributed by atoms with Crippen LogP contribution < -0.4 is 11.3 Å². The third-order valence-electron chi connectivity index (χ3n) is 2.27. The summed E-state index contributed by atoms with van der Waals surface area (Å²) in [7, 11) is 0. The second-order valence-electron chi connectivity index (χ2n) is 3.41. The fourth-order valence-corrected chi connectivity index (χ4v) is 2.22. The summed E-state index contributed by atoms with van der Waals surface area (Å²) in [6, 6.07) is 1.95. The van der Waals surface area contributed by atoms with Crippen LogP contribution in [-0.4, -0.2) is 19.6 Å². The van der Waals surface area contributed by atoms with Gasteiger partial charge in [-0.15, -0.1) is 11.3 Å². The minimum Gasteiger partial charge on any atom is -0.375 e. The van der Waals surface area contributed by atoms with Crippen molar-refractivity contribution in [3.63, 3.8) is 0 Å². The average Bonchev–Trinajstić information content (AvgIpc) is 2.65. The van der Waals surface area contributed by atoms with E-state index in [4.69, 9.17) is 10.6 Å². The van der Waals surface area contributed by atoms with Gasteiger partial charge >= 0.3 is 0 Å². The number of nitrogens with one attached hydrogen (secondary N) is 1. The van der Waals surface area contributed by atoms with Crippen LogP contribution >= 0.6 is 11.3 Å². The third kappa shape index (κ3) is 4.13. The lowest BCUT2D eigenvalue weighted by Gasteiger charge is -2.15. The molecule has 1 heterocycles. The average molecular weight is 250 g/mol. The van der Waals surface area contributed by atoms with Gasteiger partial charge in [0.05, 0.1) is 0 Å². The number of nitrogens with two attached hydrogens (primary N) is 1. The van der Waals surface area contributed by atoms with E-state index in [9.17, 15) is 8.78 Å². The third-order valence-corrected chi connectivity index (χ3v) is 3.13. The Labute approximate surface area is 97.6 Å². The highest BCUT2D eigenvalue weighted by Crippen LogP contribution is 2.24. The van der Waals surface area contributed by atoms with E-state index in [0.717, 1.165) is 5.56 Å². The molecule has 0 bridgehead atoms. The number of thiophene rings is 1. The molecule has 1 aromatic heterocycles. The topological polar surface area (TPSA) is 47.3 Å². The monoisotopic (exact) mass is 250 g/mol. The van der Waals surface area contributed by atoms with Crippen LogP contribution in [0.25, 0.3) is 0 Å². The molecule has 0 amide bonds. The van der Waals surface area contributed by atoms with Gasteiger partial charge in [-0.25, -0.2) is 8.78 Å². The summed E-state index contributed by atoms with van der Waals surface area (Å²) in [5.41, 5.74) is 3.78. The first-order chi connectivity index (χ1) is 7.65. The van der Waals surface area contributed by atoms with E-state index in [-0.39, 0.29) is 12.6 Å². The van der Waals surface area contributed by atoms with Crippen LogP contribution in [-0.2, 0) is 4.74 Å². The van der Waals surface area contributed by atoms with Crippen molar-refractivity contribution in [1.82, 2.24) is 5.43 Å². The smallest absolute Gasteiger partial charge is 0.261 e. The first-order valence-electron chi connectivity index (χ1n) is 5.01. The fraction of sp³-hybridized carbons (Fsp3) is 0.600. The lowest BCUT2D eigenvalue weighted by molar-refractivity contribution is 0.0143. The normalized spacial score (nSPS) is 13.3. The summed E-state index contributed by atoms with van der Waals surface area (Å²) in [6.07, 6.45) is -1.83. The van der Waals surface area contributed by atoms with Gasteiger partial charge in [0.1, 0.15) is 6.61 Å². The van der Waals surface area contributed by atoms with Crippen LogP contribution in [0, 0.1) is 6.92 Å². The Morgan fingerprint density at radius 3 is 2.81 bits per heavy atom. The zero-order chi connectivity index (χ0) is 12.0. The van der Waals surface area contributed by atoms with Gasteiger partial charge in [-0.1, -0.05) is 0 Å². The number of hydrogen-bond donors (Lipinski definition) is 2. The second kappa shape index (κ2) is 6.90. The van der Waals surface area contributed by atoms with Gasteiger partial charge in [-0.05, 0) is 30.4 Å². The van der Waals surface area contributed by atoms with Gasteiger partial charge in [0.2, 0.25) is 0 Å². The van der Waals surface area contributed by atoms with Gasteiger partial charge in [-0.2, -0.15) is 0 Å². The highest BCUT2D eigenvalue weighted by atomic mass is 32.1. The van der Waals surface area contributed by atoms with Gasteiger partial charge < -0.3 is 4.74 Å². The summed E-state index contributed by atoms with van der Waals surface area (Å²) < 4.78 is 28.5. The van der Waals surface area contributed by atoms with E-state index >= 15 is 0 Å². The number of halogens is 2. The Bertz CT molecular complexity index is 307. The van der Waals surface area contributed by atoms with Crippen LogP contribution in [0.3, 0.4) is 0 Å². The molecule has 0 radical (unpaired) electrons. The summed E-state index contributed by atoms with van der Waals surface area (Å²) in [6.45, 7) is 1.76. The molecule has 16 heavy (non-hydrogen) atoms. The predicted molar refractivity (Wildman–Crippen MR) is 60.6 cm³/mol. The Kier molecular flexibility index (Phi) is 5.83. The highest BCUT2D eigenvalue weighted by Gasteiger charge is 2.13. The molecule has 0 aliphatic heterocycles. The molecule has 6 heteroatoms.